The monoisotopic (exact) mass is 150 g/mol. The highest BCUT2D eigenvalue weighted by molar-refractivity contribution is 5.16. The molecule has 1 heterocycles. The zero-order valence-electron chi connectivity index (χ0n) is 6.75. The maximum atomic E-state index is 5.62. The molecule has 0 aromatic heterocycles. The lowest BCUT2D eigenvalue weighted by atomic mass is 9.94. The fourth-order valence-electron chi connectivity index (χ4n) is 1.77. The first-order chi connectivity index (χ1) is 5.47. The van der Waals surface area contributed by atoms with Crippen LogP contribution >= 0.6 is 0 Å². The summed E-state index contributed by atoms with van der Waals surface area (Å²) in [5.74, 6) is 1.92. The van der Waals surface area contributed by atoms with Crippen molar-refractivity contribution in [2.45, 2.75) is 25.7 Å². The van der Waals surface area contributed by atoms with E-state index in [1.54, 1.807) is 0 Å². The second-order valence-corrected chi connectivity index (χ2v) is 3.27. The Hall–Kier alpha value is -0.720. The topological polar surface area (TPSA) is 9.23 Å². The van der Waals surface area contributed by atoms with Gasteiger partial charge in [0.2, 0.25) is 0 Å². The van der Waals surface area contributed by atoms with Gasteiger partial charge >= 0.3 is 0 Å². The SMILES string of the molecule is C1=CCC2CCCCOC2=C1. The van der Waals surface area contributed by atoms with Gasteiger partial charge in [0.15, 0.2) is 0 Å². The average molecular weight is 150 g/mol. The zero-order valence-corrected chi connectivity index (χ0v) is 6.75. The van der Waals surface area contributed by atoms with E-state index < -0.39 is 0 Å². The lowest BCUT2D eigenvalue weighted by Gasteiger charge is -2.17. The van der Waals surface area contributed by atoms with E-state index in [2.05, 4.69) is 18.2 Å². The minimum Gasteiger partial charge on any atom is -0.498 e. The summed E-state index contributed by atoms with van der Waals surface area (Å²) >= 11 is 0. The standard InChI is InChI=1S/C10H14O/c1-2-7-10-9(5-1)6-3-4-8-11-10/h1-2,7,9H,3-6,8H2. The first-order valence-electron chi connectivity index (χ1n) is 4.46. The summed E-state index contributed by atoms with van der Waals surface area (Å²) in [6, 6.07) is 0. The predicted molar refractivity (Wildman–Crippen MR) is 45.1 cm³/mol. The Labute approximate surface area is 67.7 Å². The molecule has 1 saturated heterocycles. The van der Waals surface area contributed by atoms with Crippen LogP contribution in [0.2, 0.25) is 0 Å². The number of hydrogen-bond acceptors (Lipinski definition) is 1. The van der Waals surface area contributed by atoms with Crippen LogP contribution in [-0.4, -0.2) is 6.61 Å². The van der Waals surface area contributed by atoms with Gasteiger partial charge in [-0.05, 0) is 31.8 Å². The van der Waals surface area contributed by atoms with Crippen LogP contribution in [0.4, 0.5) is 0 Å². The van der Waals surface area contributed by atoms with Crippen molar-refractivity contribution in [1.29, 1.82) is 0 Å². The van der Waals surface area contributed by atoms with E-state index in [4.69, 9.17) is 4.74 Å². The molecule has 60 valence electrons. The van der Waals surface area contributed by atoms with Gasteiger partial charge in [0.25, 0.3) is 0 Å². The molecule has 1 fully saturated rings. The normalized spacial score (nSPS) is 29.8. The van der Waals surface area contributed by atoms with Crippen molar-refractivity contribution in [2.75, 3.05) is 6.61 Å². The van der Waals surface area contributed by atoms with Gasteiger partial charge in [-0.25, -0.2) is 0 Å². The van der Waals surface area contributed by atoms with Crippen molar-refractivity contribution in [2.24, 2.45) is 5.92 Å². The third-order valence-corrected chi connectivity index (χ3v) is 2.44. The van der Waals surface area contributed by atoms with Crippen LogP contribution in [0.3, 0.4) is 0 Å². The van der Waals surface area contributed by atoms with Crippen LogP contribution in [0.25, 0.3) is 0 Å². The van der Waals surface area contributed by atoms with Gasteiger partial charge in [-0.15, -0.1) is 0 Å². The fraction of sp³-hybridized carbons (Fsp3) is 0.600. The fourth-order valence-corrected chi connectivity index (χ4v) is 1.77. The van der Waals surface area contributed by atoms with Crippen LogP contribution in [0.5, 0.6) is 0 Å². The quantitative estimate of drug-likeness (QED) is 0.516. The summed E-state index contributed by atoms with van der Waals surface area (Å²) in [5.41, 5.74) is 0. The molecular weight excluding hydrogens is 136 g/mol. The van der Waals surface area contributed by atoms with Crippen LogP contribution in [-0.2, 0) is 4.74 Å². The number of fused-ring (bicyclic) bond motifs is 1. The van der Waals surface area contributed by atoms with Crippen molar-refractivity contribution < 1.29 is 4.74 Å². The molecule has 0 bridgehead atoms. The van der Waals surface area contributed by atoms with Gasteiger partial charge in [0, 0.05) is 5.92 Å². The zero-order chi connectivity index (χ0) is 7.52. The summed E-state index contributed by atoms with van der Waals surface area (Å²) in [6.07, 6.45) is 11.5. The molecule has 1 nitrogen and oxygen atoms in total. The van der Waals surface area contributed by atoms with E-state index in [9.17, 15) is 0 Å². The minimum absolute atomic E-state index is 0.697. The van der Waals surface area contributed by atoms with Gasteiger partial charge in [-0.1, -0.05) is 12.2 Å². The minimum atomic E-state index is 0.697. The van der Waals surface area contributed by atoms with Crippen LogP contribution in [0, 0.1) is 5.92 Å². The molecule has 0 amide bonds. The molecule has 0 N–H and O–H groups in total. The van der Waals surface area contributed by atoms with Gasteiger partial charge < -0.3 is 4.74 Å². The predicted octanol–water partition coefficient (Wildman–Crippen LogP) is 2.65. The van der Waals surface area contributed by atoms with E-state index in [1.807, 2.05) is 0 Å². The second kappa shape index (κ2) is 3.12. The van der Waals surface area contributed by atoms with Gasteiger partial charge in [-0.2, -0.15) is 0 Å². The Bertz CT molecular complexity index is 191. The molecule has 0 radical (unpaired) electrons. The van der Waals surface area contributed by atoms with E-state index in [1.165, 1.54) is 31.4 Å². The second-order valence-electron chi connectivity index (χ2n) is 3.27. The number of hydrogen-bond donors (Lipinski definition) is 0. The molecule has 11 heavy (non-hydrogen) atoms. The van der Waals surface area contributed by atoms with Gasteiger partial charge in [-0.3, -0.25) is 0 Å². The Kier molecular flexibility index (Phi) is 1.97. The van der Waals surface area contributed by atoms with Crippen molar-refractivity contribution >= 4 is 0 Å². The van der Waals surface area contributed by atoms with E-state index in [0.717, 1.165) is 6.61 Å². The van der Waals surface area contributed by atoms with E-state index in [-0.39, 0.29) is 0 Å². The van der Waals surface area contributed by atoms with Crippen molar-refractivity contribution in [3.05, 3.63) is 24.0 Å². The molecule has 1 heteroatoms. The summed E-state index contributed by atoms with van der Waals surface area (Å²) < 4.78 is 5.62. The van der Waals surface area contributed by atoms with E-state index >= 15 is 0 Å². The number of allylic oxidation sites excluding steroid dienone is 4. The summed E-state index contributed by atoms with van der Waals surface area (Å²) in [4.78, 5) is 0. The van der Waals surface area contributed by atoms with Gasteiger partial charge in [0.1, 0.15) is 0 Å². The molecule has 1 aliphatic heterocycles. The van der Waals surface area contributed by atoms with Crippen LogP contribution < -0.4 is 0 Å². The van der Waals surface area contributed by atoms with Crippen molar-refractivity contribution in [3.8, 4) is 0 Å². The highest BCUT2D eigenvalue weighted by Gasteiger charge is 2.18. The first kappa shape index (κ1) is 6.96. The molecule has 2 rings (SSSR count). The van der Waals surface area contributed by atoms with Crippen molar-refractivity contribution in [3.63, 3.8) is 0 Å². The summed E-state index contributed by atoms with van der Waals surface area (Å²) in [6.45, 7) is 0.927. The smallest absolute Gasteiger partial charge is 0.0993 e. The molecule has 1 atom stereocenters. The van der Waals surface area contributed by atoms with E-state index in [0.29, 0.717) is 5.92 Å². The molecular formula is C10H14O. The molecule has 0 spiro atoms. The molecule has 2 aliphatic rings. The maximum Gasteiger partial charge on any atom is 0.0993 e. The molecule has 1 unspecified atom stereocenters. The third-order valence-electron chi connectivity index (χ3n) is 2.44. The summed E-state index contributed by atoms with van der Waals surface area (Å²) in [7, 11) is 0. The van der Waals surface area contributed by atoms with Crippen LogP contribution in [0.1, 0.15) is 25.7 Å². The lowest BCUT2D eigenvalue weighted by Crippen LogP contribution is -2.05. The summed E-state index contributed by atoms with van der Waals surface area (Å²) in [5, 5.41) is 0. The molecule has 1 aliphatic carbocycles. The molecule has 0 aromatic carbocycles. The first-order valence-corrected chi connectivity index (χ1v) is 4.46. The molecule has 0 saturated carbocycles. The van der Waals surface area contributed by atoms with Gasteiger partial charge in [0.05, 0.1) is 12.4 Å². The largest absolute Gasteiger partial charge is 0.498 e. The van der Waals surface area contributed by atoms with Crippen LogP contribution in [0.15, 0.2) is 24.0 Å². The molecule has 0 aromatic rings. The Morgan fingerprint density at radius 2 is 2.36 bits per heavy atom. The number of ether oxygens (including phenoxy) is 1. The average Bonchev–Trinajstić information content (AvgIpc) is 2.28. The third kappa shape index (κ3) is 1.47. The van der Waals surface area contributed by atoms with Crippen molar-refractivity contribution in [1.82, 2.24) is 0 Å². The Balaban J connectivity index is 2.11. The highest BCUT2D eigenvalue weighted by Crippen LogP contribution is 2.29. The Morgan fingerprint density at radius 1 is 1.36 bits per heavy atom. The Morgan fingerprint density at radius 3 is 3.36 bits per heavy atom. The highest BCUT2D eigenvalue weighted by atomic mass is 16.5. The maximum absolute atomic E-state index is 5.62. The lowest BCUT2D eigenvalue weighted by molar-refractivity contribution is 0.192. The number of rotatable bonds is 0.